The number of rotatable bonds is 1. The van der Waals surface area contributed by atoms with Gasteiger partial charge < -0.3 is 15.4 Å². The van der Waals surface area contributed by atoms with Gasteiger partial charge in [0.15, 0.2) is 0 Å². The molecule has 1 aliphatic rings. The molecule has 0 radical (unpaired) electrons. The number of aromatic nitrogens is 1. The number of carbonyl (C=O) groups is 1. The van der Waals surface area contributed by atoms with E-state index in [1.165, 1.54) is 0 Å². The number of aryl methyl sites for hydroxylation is 1. The number of ether oxygens (including phenoxy) is 1. The normalized spacial score (nSPS) is 15.2. The second-order valence-electron chi connectivity index (χ2n) is 5.98. The molecular formula is C15H21N3O2. The molecule has 0 atom stereocenters. The molecule has 108 valence electrons. The number of anilines is 1. The summed E-state index contributed by atoms with van der Waals surface area (Å²) in [7, 11) is 0. The molecule has 2 rings (SSSR count). The Balaban J connectivity index is 2.09. The summed E-state index contributed by atoms with van der Waals surface area (Å²) in [4.78, 5) is 18.0. The molecular weight excluding hydrogens is 254 g/mol. The number of nitrogens with zero attached hydrogens (tertiary/aromatic N) is 2. The Bertz CT molecular complexity index is 559. The summed E-state index contributed by atoms with van der Waals surface area (Å²) in [5.74, 6) is 0. The Morgan fingerprint density at radius 1 is 1.45 bits per heavy atom. The van der Waals surface area contributed by atoms with E-state index in [0.29, 0.717) is 18.8 Å². The molecule has 0 unspecified atom stereocenters. The highest BCUT2D eigenvalue weighted by atomic mass is 16.6. The fourth-order valence-electron chi connectivity index (χ4n) is 2.02. The van der Waals surface area contributed by atoms with Gasteiger partial charge in [0.2, 0.25) is 0 Å². The lowest BCUT2D eigenvalue weighted by Gasteiger charge is -2.24. The largest absolute Gasteiger partial charge is 0.444 e. The van der Waals surface area contributed by atoms with Crippen molar-refractivity contribution in [1.29, 1.82) is 0 Å². The third kappa shape index (κ3) is 3.10. The zero-order valence-electron chi connectivity index (χ0n) is 12.4. The fraction of sp³-hybridized carbons (Fsp3) is 0.467. The fourth-order valence-corrected chi connectivity index (χ4v) is 2.02. The van der Waals surface area contributed by atoms with Crippen molar-refractivity contribution in [2.24, 2.45) is 0 Å². The van der Waals surface area contributed by atoms with Crippen LogP contribution in [0.15, 0.2) is 18.3 Å². The molecule has 1 aromatic heterocycles. The van der Waals surface area contributed by atoms with Crippen molar-refractivity contribution in [2.45, 2.75) is 33.3 Å². The number of nitrogen functional groups attached to an aromatic ring is 1. The number of nitrogens with two attached hydrogens (primary N) is 1. The highest BCUT2D eigenvalue weighted by Gasteiger charge is 2.26. The lowest BCUT2D eigenvalue weighted by molar-refractivity contribution is 0.0306. The molecule has 2 heterocycles. The number of hydrogen-bond donors (Lipinski definition) is 1. The molecule has 0 saturated heterocycles. The van der Waals surface area contributed by atoms with Gasteiger partial charge in [-0.25, -0.2) is 4.79 Å². The summed E-state index contributed by atoms with van der Waals surface area (Å²) in [6, 6.07) is 1.87. The van der Waals surface area contributed by atoms with Crippen LogP contribution in [0.1, 0.15) is 32.0 Å². The number of carbonyl (C=O) groups excluding carboxylic acids is 1. The molecule has 0 aliphatic carbocycles. The maximum absolute atomic E-state index is 12.0. The maximum atomic E-state index is 12.0. The van der Waals surface area contributed by atoms with Crippen LogP contribution in [0.2, 0.25) is 0 Å². The van der Waals surface area contributed by atoms with Gasteiger partial charge in [0.05, 0.1) is 17.9 Å². The summed E-state index contributed by atoms with van der Waals surface area (Å²) >= 11 is 0. The summed E-state index contributed by atoms with van der Waals surface area (Å²) in [5.41, 5.74) is 8.96. The van der Waals surface area contributed by atoms with Crippen LogP contribution >= 0.6 is 0 Å². The van der Waals surface area contributed by atoms with E-state index in [1.54, 1.807) is 11.1 Å². The first-order valence-electron chi connectivity index (χ1n) is 6.66. The summed E-state index contributed by atoms with van der Waals surface area (Å²) in [6.45, 7) is 8.52. The molecule has 0 aromatic carbocycles. The number of pyridine rings is 1. The Morgan fingerprint density at radius 3 is 2.80 bits per heavy atom. The quantitative estimate of drug-likeness (QED) is 0.855. The van der Waals surface area contributed by atoms with E-state index in [2.05, 4.69) is 4.98 Å². The minimum absolute atomic E-state index is 0.310. The van der Waals surface area contributed by atoms with Crippen molar-refractivity contribution in [2.75, 3.05) is 18.8 Å². The maximum Gasteiger partial charge on any atom is 0.410 e. The monoisotopic (exact) mass is 275 g/mol. The second kappa shape index (κ2) is 5.15. The van der Waals surface area contributed by atoms with Gasteiger partial charge in [-0.15, -0.1) is 0 Å². The zero-order chi connectivity index (χ0) is 14.9. The van der Waals surface area contributed by atoms with Gasteiger partial charge in [-0.1, -0.05) is 6.08 Å². The van der Waals surface area contributed by atoms with Crippen molar-refractivity contribution in [1.82, 2.24) is 9.88 Å². The molecule has 1 amide bonds. The van der Waals surface area contributed by atoms with E-state index in [4.69, 9.17) is 10.5 Å². The zero-order valence-corrected chi connectivity index (χ0v) is 12.4. The lowest BCUT2D eigenvalue weighted by atomic mass is 10.1. The van der Waals surface area contributed by atoms with Crippen LogP contribution in [0.5, 0.6) is 0 Å². The van der Waals surface area contributed by atoms with Crippen LogP contribution < -0.4 is 5.73 Å². The van der Waals surface area contributed by atoms with Gasteiger partial charge in [0.1, 0.15) is 5.60 Å². The van der Waals surface area contributed by atoms with E-state index >= 15 is 0 Å². The van der Waals surface area contributed by atoms with Gasteiger partial charge in [-0.05, 0) is 44.9 Å². The number of amides is 1. The SMILES string of the molecule is Cc1ccnc(C2=CCN(C(=O)OC(C)(C)C)C2)c1N. The Labute approximate surface area is 119 Å². The Hall–Kier alpha value is -2.04. The van der Waals surface area contributed by atoms with E-state index < -0.39 is 5.60 Å². The Kier molecular flexibility index (Phi) is 3.70. The van der Waals surface area contributed by atoms with Crippen LogP contribution in [-0.2, 0) is 4.74 Å². The van der Waals surface area contributed by atoms with Gasteiger partial charge in [0, 0.05) is 12.7 Å². The van der Waals surface area contributed by atoms with Gasteiger partial charge in [0.25, 0.3) is 0 Å². The molecule has 0 bridgehead atoms. The highest BCUT2D eigenvalue weighted by molar-refractivity contribution is 5.80. The average molecular weight is 275 g/mol. The predicted octanol–water partition coefficient (Wildman–Crippen LogP) is 2.61. The van der Waals surface area contributed by atoms with E-state index in [1.807, 2.05) is 39.8 Å². The van der Waals surface area contributed by atoms with Crippen molar-refractivity contribution in [3.63, 3.8) is 0 Å². The van der Waals surface area contributed by atoms with Crippen molar-refractivity contribution >= 4 is 17.4 Å². The van der Waals surface area contributed by atoms with Gasteiger partial charge in [-0.3, -0.25) is 4.98 Å². The average Bonchev–Trinajstić information content (AvgIpc) is 2.80. The van der Waals surface area contributed by atoms with Crippen molar-refractivity contribution in [3.05, 3.63) is 29.6 Å². The smallest absolute Gasteiger partial charge is 0.410 e. The van der Waals surface area contributed by atoms with Crippen molar-refractivity contribution in [3.8, 4) is 0 Å². The first-order chi connectivity index (χ1) is 9.28. The summed E-state index contributed by atoms with van der Waals surface area (Å²) < 4.78 is 5.36. The van der Waals surface area contributed by atoms with Crippen LogP contribution in [0.25, 0.3) is 5.57 Å². The van der Waals surface area contributed by atoms with Crippen LogP contribution in [0, 0.1) is 6.92 Å². The minimum atomic E-state index is -0.486. The van der Waals surface area contributed by atoms with Crippen LogP contribution in [-0.4, -0.2) is 34.7 Å². The minimum Gasteiger partial charge on any atom is -0.444 e. The Morgan fingerprint density at radius 2 is 2.15 bits per heavy atom. The van der Waals surface area contributed by atoms with Crippen molar-refractivity contribution < 1.29 is 9.53 Å². The van der Waals surface area contributed by atoms with Gasteiger partial charge in [-0.2, -0.15) is 0 Å². The predicted molar refractivity (Wildman–Crippen MR) is 79.2 cm³/mol. The molecule has 0 saturated carbocycles. The molecule has 2 N–H and O–H groups in total. The highest BCUT2D eigenvalue weighted by Crippen LogP contribution is 2.26. The first kappa shape index (κ1) is 14.4. The molecule has 0 spiro atoms. The molecule has 1 aliphatic heterocycles. The topological polar surface area (TPSA) is 68.5 Å². The molecule has 5 heteroatoms. The lowest BCUT2D eigenvalue weighted by Crippen LogP contribution is -2.35. The van der Waals surface area contributed by atoms with Gasteiger partial charge >= 0.3 is 6.09 Å². The van der Waals surface area contributed by atoms with E-state index in [0.717, 1.165) is 16.8 Å². The third-order valence-electron chi connectivity index (χ3n) is 3.08. The molecule has 1 aromatic rings. The number of hydrogen-bond acceptors (Lipinski definition) is 4. The standard InChI is InChI=1S/C15H21N3O2/c1-10-5-7-17-13(12(10)16)11-6-8-18(9-11)14(19)20-15(2,3)4/h5-7H,8-9,16H2,1-4H3. The first-order valence-corrected chi connectivity index (χ1v) is 6.66. The molecule has 20 heavy (non-hydrogen) atoms. The van der Waals surface area contributed by atoms with E-state index in [-0.39, 0.29) is 6.09 Å². The van der Waals surface area contributed by atoms with Crippen LogP contribution in [0.3, 0.4) is 0 Å². The summed E-state index contributed by atoms with van der Waals surface area (Å²) in [5, 5.41) is 0. The summed E-state index contributed by atoms with van der Waals surface area (Å²) in [6.07, 6.45) is 3.40. The molecule has 5 nitrogen and oxygen atoms in total. The molecule has 0 fully saturated rings. The third-order valence-corrected chi connectivity index (χ3v) is 3.08. The second-order valence-corrected chi connectivity index (χ2v) is 5.98. The van der Waals surface area contributed by atoms with E-state index in [9.17, 15) is 4.79 Å². The van der Waals surface area contributed by atoms with Crippen LogP contribution in [0.4, 0.5) is 10.5 Å².